The Morgan fingerprint density at radius 1 is 0.181 bits per heavy atom. The highest BCUT2D eigenvalue weighted by atomic mass is 31.2. The van der Waals surface area contributed by atoms with Crippen molar-refractivity contribution in [2.75, 3.05) is 0 Å². The molecule has 0 spiro atoms. The molecule has 6 rings (SSSR count). The van der Waals surface area contributed by atoms with E-state index in [9.17, 15) is 0 Å². The van der Waals surface area contributed by atoms with Gasteiger partial charge in [-0.3, -0.25) is 0 Å². The van der Waals surface area contributed by atoms with Crippen LogP contribution in [0.2, 0.25) is 0 Å². The second kappa shape index (κ2) is 27.7. The topological polar surface area (TPSA) is 55.4 Å². The lowest BCUT2D eigenvalue weighted by Gasteiger charge is -2.32. The summed E-state index contributed by atoms with van der Waals surface area (Å²) in [6.07, 6.45) is 0. The minimum absolute atomic E-state index is 0.00466. The summed E-state index contributed by atoms with van der Waals surface area (Å²) >= 11 is 0. The fraction of sp³-hybridized carbons (Fsp3) is 0.581. The van der Waals surface area contributed by atoms with Crippen molar-refractivity contribution in [3.63, 3.8) is 0 Å². The Kier molecular flexibility index (Phi) is 23.5. The molecule has 0 aliphatic heterocycles. The van der Waals surface area contributed by atoms with Gasteiger partial charge in [0.25, 0.3) is 0 Å². The number of rotatable bonds is 12. The van der Waals surface area contributed by atoms with Gasteiger partial charge in [0.15, 0.2) is 0 Å². The van der Waals surface area contributed by atoms with E-state index in [1.165, 1.54) is 44.5 Å². The Bertz CT molecular complexity index is 3320. The van der Waals surface area contributed by atoms with Crippen LogP contribution in [0, 0.1) is 13.8 Å². The molecule has 6 aromatic carbocycles. The van der Waals surface area contributed by atoms with Crippen LogP contribution in [0.15, 0.2) is 97.1 Å². The monoisotopic (exact) mass is 1320 g/mol. The first-order chi connectivity index (χ1) is 42.0. The second-order valence-electron chi connectivity index (χ2n) is 39.2. The van der Waals surface area contributed by atoms with Gasteiger partial charge < -0.3 is 27.1 Å². The van der Waals surface area contributed by atoms with E-state index >= 15 is 0 Å². The fourth-order valence-corrected chi connectivity index (χ4v) is 13.7. The molecule has 6 nitrogen and oxygen atoms in total. The number of hydrogen-bond acceptors (Lipinski definition) is 6. The largest absolute Gasteiger partial charge is 0.530 e. The average molecular weight is 1320 g/mol. The smallest absolute Gasteiger partial charge is 0.408 e. The molecule has 0 saturated carbocycles. The highest BCUT2D eigenvalue weighted by Crippen LogP contribution is 2.54. The van der Waals surface area contributed by atoms with Crippen LogP contribution in [0.3, 0.4) is 0 Å². The minimum atomic E-state index is -1.92. The van der Waals surface area contributed by atoms with E-state index < -0.39 is 17.2 Å². The highest BCUT2D eigenvalue weighted by Gasteiger charge is 2.37. The molecule has 8 heteroatoms. The zero-order chi connectivity index (χ0) is 72.3. The van der Waals surface area contributed by atoms with E-state index in [2.05, 4.69) is 360 Å². The molecule has 0 heterocycles. The minimum Gasteiger partial charge on any atom is -0.408 e. The number of hydrogen-bond donors (Lipinski definition) is 0. The van der Waals surface area contributed by atoms with Crippen LogP contribution in [0.5, 0.6) is 34.5 Å². The van der Waals surface area contributed by atoms with Gasteiger partial charge in [0.2, 0.25) is 0 Å². The molecule has 0 saturated heterocycles. The van der Waals surface area contributed by atoms with Gasteiger partial charge >= 0.3 is 17.2 Å². The number of benzene rings is 6. The molecular formula is C86H130O6P2. The molecule has 0 aliphatic carbocycles. The summed E-state index contributed by atoms with van der Waals surface area (Å²) in [5.41, 5.74) is 16.2. The third kappa shape index (κ3) is 21.0. The molecule has 0 unspecified atom stereocenters. The summed E-state index contributed by atoms with van der Waals surface area (Å²) in [6.45, 7) is 85.3. The maximum atomic E-state index is 7.02. The van der Waals surface area contributed by atoms with Crippen molar-refractivity contribution in [2.45, 2.75) is 328 Å². The van der Waals surface area contributed by atoms with Crippen molar-refractivity contribution in [2.24, 2.45) is 0 Å². The van der Waals surface area contributed by atoms with Gasteiger partial charge in [-0.1, -0.05) is 310 Å². The Morgan fingerprint density at radius 3 is 0.500 bits per heavy atom. The van der Waals surface area contributed by atoms with Gasteiger partial charge in [-0.15, -0.1) is 0 Å². The van der Waals surface area contributed by atoms with E-state index in [1.807, 2.05) is 0 Å². The van der Waals surface area contributed by atoms with E-state index in [-0.39, 0.29) is 65.0 Å². The maximum Gasteiger partial charge on any atom is 0.530 e. The van der Waals surface area contributed by atoms with Crippen molar-refractivity contribution in [1.29, 1.82) is 0 Å². The molecule has 520 valence electrons. The first-order valence-electron chi connectivity index (χ1n) is 34.6. The summed E-state index contributed by atoms with van der Waals surface area (Å²) in [5.74, 6) is 4.78. The van der Waals surface area contributed by atoms with Crippen molar-refractivity contribution < 1.29 is 27.1 Å². The summed E-state index contributed by atoms with van der Waals surface area (Å²) < 4.78 is 41.7. The van der Waals surface area contributed by atoms with Crippen LogP contribution < -0.4 is 27.1 Å². The van der Waals surface area contributed by atoms with Crippen LogP contribution in [0.1, 0.15) is 327 Å². The zero-order valence-corrected chi connectivity index (χ0v) is 68.4. The molecule has 0 amide bonds. The van der Waals surface area contributed by atoms with E-state index in [0.717, 1.165) is 67.9 Å². The first-order valence-corrected chi connectivity index (χ1v) is 36.8. The number of aryl methyl sites for hydroxylation is 2. The predicted octanol–water partition coefficient (Wildman–Crippen LogP) is 27.1. The van der Waals surface area contributed by atoms with Gasteiger partial charge in [0, 0.05) is 33.4 Å². The van der Waals surface area contributed by atoms with Gasteiger partial charge in [0.05, 0.1) is 0 Å². The van der Waals surface area contributed by atoms with Crippen molar-refractivity contribution in [1.82, 2.24) is 0 Å². The summed E-state index contributed by atoms with van der Waals surface area (Å²) in [6, 6.07) is 35.3. The molecule has 94 heavy (non-hydrogen) atoms. The summed E-state index contributed by atoms with van der Waals surface area (Å²) in [4.78, 5) is 0. The highest BCUT2D eigenvalue weighted by molar-refractivity contribution is 7.43. The normalized spacial score (nSPS) is 13.6. The van der Waals surface area contributed by atoms with Crippen LogP contribution in [0.4, 0.5) is 0 Å². The Labute approximate surface area is 578 Å². The first kappa shape index (κ1) is 79.7. The lowest BCUT2D eigenvalue weighted by atomic mass is 9.78. The van der Waals surface area contributed by atoms with E-state index in [1.54, 1.807) is 0 Å². The molecule has 0 N–H and O–H groups in total. The van der Waals surface area contributed by atoms with Gasteiger partial charge in [-0.05, 0) is 160 Å². The molecule has 0 aromatic heterocycles. The van der Waals surface area contributed by atoms with Gasteiger partial charge in [-0.2, -0.15) is 0 Å². The Morgan fingerprint density at radius 2 is 0.340 bits per heavy atom. The van der Waals surface area contributed by atoms with Crippen LogP contribution >= 0.6 is 17.2 Å². The fourth-order valence-electron chi connectivity index (χ4n) is 11.5. The molecule has 0 bridgehead atoms. The molecule has 0 radical (unpaired) electrons. The van der Waals surface area contributed by atoms with Crippen molar-refractivity contribution in [3.8, 4) is 34.5 Å². The standard InChI is InChI=1S/C44H67O3P.C42H63O3P/c1-28-23-37(34(43(15,16)17)26-31(28)40(6,7)8)46-48(45-36-22-21-30(39(3,4)5)25-33(36)42(12,13)14)47-38-24-29(2)32(41(9,10)11)27-35(38)44(18,19)20;1-37(2,3)28-19-22-34(31(25-28)40(10,11)12)43-46(44-35-23-20-29(38(4,5)6)26-32(35)41(13,14)15)45-36-24-21-30(39(7,8)9)27-33(36)42(16,17)18/h21-27H,1-20H3;19-27H,1-18H3. The lowest BCUT2D eigenvalue weighted by Crippen LogP contribution is -2.21. The second-order valence-corrected chi connectivity index (χ2v) is 41.2. The molecular weight excluding hydrogens is 1190 g/mol. The quantitative estimate of drug-likeness (QED) is 0.114. The van der Waals surface area contributed by atoms with Gasteiger partial charge in [0.1, 0.15) is 34.5 Å². The molecule has 0 atom stereocenters. The van der Waals surface area contributed by atoms with Crippen LogP contribution in [-0.2, 0) is 65.0 Å². The third-order valence-electron chi connectivity index (χ3n) is 17.5. The van der Waals surface area contributed by atoms with Gasteiger partial charge in [-0.25, -0.2) is 0 Å². The van der Waals surface area contributed by atoms with Crippen molar-refractivity contribution in [3.05, 3.63) is 175 Å². The Balaban J connectivity index is 0.000000341. The van der Waals surface area contributed by atoms with Crippen LogP contribution in [-0.4, -0.2) is 0 Å². The maximum absolute atomic E-state index is 7.02. The Hall–Kier alpha value is -5.02. The van der Waals surface area contributed by atoms with Crippen molar-refractivity contribution >= 4 is 17.2 Å². The lowest BCUT2D eigenvalue weighted by molar-refractivity contribution is 0.370. The predicted molar refractivity (Wildman–Crippen MR) is 410 cm³/mol. The summed E-state index contributed by atoms with van der Waals surface area (Å²) in [5, 5.41) is 0. The zero-order valence-electron chi connectivity index (χ0n) is 66.6. The SMILES string of the molecule is CC(C)(C)c1ccc(OP(Oc2ccc(C(C)(C)C)cc2C(C)(C)C)Oc2ccc(C(C)(C)C)cc2C(C)(C)C)c(C(C)(C)C)c1.Cc1cc(OP(Oc2ccc(C(C)(C)C)cc2C(C)(C)C)Oc2cc(C)c(C(C)(C)C)cc2C(C)(C)C)c(C(C)(C)C)cc1C(C)(C)C. The van der Waals surface area contributed by atoms with Crippen LogP contribution in [0.25, 0.3) is 0 Å². The van der Waals surface area contributed by atoms with E-state index in [4.69, 9.17) is 27.1 Å². The average Bonchev–Trinajstić information content (AvgIpc) is 0.793. The third-order valence-corrected chi connectivity index (χ3v) is 19.6. The molecule has 0 aliphatic rings. The summed E-state index contributed by atoms with van der Waals surface area (Å²) in [7, 11) is -3.81. The molecule has 0 fully saturated rings. The van der Waals surface area contributed by atoms with E-state index in [0.29, 0.717) is 0 Å². The molecule has 6 aromatic rings.